The maximum atomic E-state index is 12.7. The number of nitrogens with one attached hydrogen (secondary N) is 1. The number of guanidine groups is 1. The molecule has 10 heteroatoms. The van der Waals surface area contributed by atoms with Gasteiger partial charge in [0.1, 0.15) is 12.3 Å². The number of piperazine rings is 1. The number of hydrogen-bond acceptors (Lipinski definition) is 4. The van der Waals surface area contributed by atoms with E-state index in [0.29, 0.717) is 31.1 Å². The number of aliphatic imine (C=N–C) groups is 1. The number of rotatable bonds is 6. The minimum absolute atomic E-state index is 0. The number of carbonyl (C=O) groups is 1. The second-order valence-corrected chi connectivity index (χ2v) is 7.19. The van der Waals surface area contributed by atoms with E-state index in [4.69, 9.17) is 21.3 Å². The van der Waals surface area contributed by atoms with Gasteiger partial charge in [0.25, 0.3) is 0 Å². The van der Waals surface area contributed by atoms with Crippen molar-refractivity contribution in [3.05, 3.63) is 41.2 Å². The zero-order valence-electron chi connectivity index (χ0n) is 17.5. The SMILES string of the molecule is CCNC(=NCCc1ccc(OC)cc1Cl)N1CCN(c2cnn(C)c2)C(=O)C1.I. The Labute approximate surface area is 199 Å². The zero-order valence-corrected chi connectivity index (χ0v) is 20.6. The van der Waals surface area contributed by atoms with E-state index in [1.807, 2.05) is 43.3 Å². The zero-order chi connectivity index (χ0) is 20.8. The molecule has 1 aliphatic rings. The highest BCUT2D eigenvalue weighted by Crippen LogP contribution is 2.23. The molecule has 0 unspecified atom stereocenters. The highest BCUT2D eigenvalue weighted by Gasteiger charge is 2.27. The molecule has 0 atom stereocenters. The molecule has 2 aromatic rings. The molecule has 1 amide bonds. The van der Waals surface area contributed by atoms with Gasteiger partial charge in [0.15, 0.2) is 5.96 Å². The van der Waals surface area contributed by atoms with Crippen molar-refractivity contribution >= 4 is 53.1 Å². The van der Waals surface area contributed by atoms with Gasteiger partial charge in [-0.3, -0.25) is 14.5 Å². The number of methoxy groups -OCH3 is 1. The molecule has 1 aromatic heterocycles. The van der Waals surface area contributed by atoms with E-state index in [1.54, 1.807) is 22.9 Å². The Morgan fingerprint density at radius 2 is 2.17 bits per heavy atom. The molecule has 0 spiro atoms. The van der Waals surface area contributed by atoms with Gasteiger partial charge in [-0.05, 0) is 31.0 Å². The van der Waals surface area contributed by atoms with Crippen molar-refractivity contribution in [1.29, 1.82) is 0 Å². The summed E-state index contributed by atoms with van der Waals surface area (Å²) in [5.74, 6) is 1.52. The topological polar surface area (TPSA) is 75.0 Å². The molecule has 2 heterocycles. The number of ether oxygens (including phenoxy) is 1. The van der Waals surface area contributed by atoms with Crippen LogP contribution in [0.1, 0.15) is 12.5 Å². The molecule has 1 aromatic carbocycles. The van der Waals surface area contributed by atoms with E-state index in [0.717, 1.165) is 29.5 Å². The van der Waals surface area contributed by atoms with Crippen LogP contribution in [0.5, 0.6) is 5.75 Å². The van der Waals surface area contributed by atoms with Gasteiger partial charge in [-0.1, -0.05) is 17.7 Å². The van der Waals surface area contributed by atoms with Gasteiger partial charge >= 0.3 is 0 Å². The summed E-state index contributed by atoms with van der Waals surface area (Å²) in [5.41, 5.74) is 1.85. The van der Waals surface area contributed by atoms with Crippen LogP contribution in [-0.4, -0.2) is 66.4 Å². The fourth-order valence-electron chi connectivity index (χ4n) is 3.24. The van der Waals surface area contributed by atoms with Crippen molar-refractivity contribution in [3.8, 4) is 5.75 Å². The fourth-order valence-corrected chi connectivity index (χ4v) is 3.51. The molecular weight excluding hydrogens is 519 g/mol. The van der Waals surface area contributed by atoms with E-state index < -0.39 is 0 Å². The third-order valence-corrected chi connectivity index (χ3v) is 5.11. The first-order valence-electron chi connectivity index (χ1n) is 9.66. The minimum atomic E-state index is 0. The summed E-state index contributed by atoms with van der Waals surface area (Å²) in [6.45, 7) is 4.91. The Morgan fingerprint density at radius 1 is 1.37 bits per heavy atom. The Kier molecular flexibility index (Phi) is 9.22. The lowest BCUT2D eigenvalue weighted by molar-refractivity contribution is -0.120. The quantitative estimate of drug-likeness (QED) is 0.343. The monoisotopic (exact) mass is 546 g/mol. The predicted octanol–water partition coefficient (Wildman–Crippen LogP) is 2.56. The van der Waals surface area contributed by atoms with Crippen molar-refractivity contribution < 1.29 is 9.53 Å². The van der Waals surface area contributed by atoms with Gasteiger partial charge in [0.05, 0.1) is 19.0 Å². The van der Waals surface area contributed by atoms with Gasteiger partial charge in [-0.15, -0.1) is 24.0 Å². The summed E-state index contributed by atoms with van der Waals surface area (Å²) in [6.07, 6.45) is 4.28. The molecule has 1 fully saturated rings. The van der Waals surface area contributed by atoms with Crippen LogP contribution < -0.4 is 15.0 Å². The van der Waals surface area contributed by atoms with Crippen LogP contribution in [0.15, 0.2) is 35.6 Å². The summed E-state index contributed by atoms with van der Waals surface area (Å²) in [6, 6.07) is 5.66. The van der Waals surface area contributed by atoms with E-state index in [1.165, 1.54) is 0 Å². The first-order chi connectivity index (χ1) is 14.0. The van der Waals surface area contributed by atoms with Crippen LogP contribution in [0.4, 0.5) is 5.69 Å². The molecular formula is C20H28ClIN6O2. The molecule has 1 saturated heterocycles. The van der Waals surface area contributed by atoms with E-state index >= 15 is 0 Å². The van der Waals surface area contributed by atoms with Gasteiger partial charge in [0.2, 0.25) is 5.91 Å². The number of hydrogen-bond donors (Lipinski definition) is 1. The molecule has 3 rings (SSSR count). The lowest BCUT2D eigenvalue weighted by atomic mass is 10.1. The second kappa shape index (κ2) is 11.4. The van der Waals surface area contributed by atoms with Crippen LogP contribution in [0.2, 0.25) is 5.02 Å². The summed E-state index contributed by atoms with van der Waals surface area (Å²) in [4.78, 5) is 21.1. The van der Waals surface area contributed by atoms with Gasteiger partial charge in [-0.25, -0.2) is 0 Å². The van der Waals surface area contributed by atoms with Crippen LogP contribution in [-0.2, 0) is 18.3 Å². The summed E-state index contributed by atoms with van der Waals surface area (Å²) >= 11 is 6.32. The van der Waals surface area contributed by atoms with Crippen molar-refractivity contribution in [2.75, 3.05) is 44.7 Å². The molecule has 0 saturated carbocycles. The number of anilines is 1. The average Bonchev–Trinajstić information content (AvgIpc) is 3.14. The molecule has 0 radical (unpaired) electrons. The van der Waals surface area contributed by atoms with Gasteiger partial charge in [0, 0.05) is 44.4 Å². The Bertz CT molecular complexity index is 888. The molecule has 1 N–H and O–H groups in total. The first kappa shape index (κ1) is 24.3. The van der Waals surface area contributed by atoms with Crippen molar-refractivity contribution in [3.63, 3.8) is 0 Å². The minimum Gasteiger partial charge on any atom is -0.497 e. The Morgan fingerprint density at radius 3 is 2.77 bits per heavy atom. The largest absolute Gasteiger partial charge is 0.497 e. The molecule has 1 aliphatic heterocycles. The highest BCUT2D eigenvalue weighted by atomic mass is 127. The standard InChI is InChI=1S/C20H27ClN6O2.HI/c1-4-22-20(23-8-7-15-5-6-17(29-3)11-18(15)21)26-9-10-27(19(28)14-26)16-12-24-25(2)13-16;/h5-6,11-13H,4,7-10,14H2,1-3H3,(H,22,23);1H. The van der Waals surface area contributed by atoms with Gasteiger partial charge in [-0.2, -0.15) is 5.10 Å². The number of amides is 1. The van der Waals surface area contributed by atoms with Crippen molar-refractivity contribution in [2.45, 2.75) is 13.3 Å². The second-order valence-electron chi connectivity index (χ2n) is 6.78. The summed E-state index contributed by atoms with van der Waals surface area (Å²) < 4.78 is 6.89. The fraction of sp³-hybridized carbons (Fsp3) is 0.450. The maximum absolute atomic E-state index is 12.7. The Balaban J connectivity index is 0.00000320. The number of aromatic nitrogens is 2. The first-order valence-corrected chi connectivity index (χ1v) is 10.0. The van der Waals surface area contributed by atoms with Crippen LogP contribution in [0.3, 0.4) is 0 Å². The maximum Gasteiger partial charge on any atom is 0.246 e. The van der Waals surface area contributed by atoms with E-state index in [-0.39, 0.29) is 36.4 Å². The lowest BCUT2D eigenvalue weighted by Crippen LogP contribution is -2.55. The number of nitrogens with zero attached hydrogens (tertiary/aromatic N) is 5. The lowest BCUT2D eigenvalue weighted by Gasteiger charge is -2.35. The van der Waals surface area contributed by atoms with Crippen LogP contribution in [0, 0.1) is 0 Å². The number of halogens is 2. The number of carbonyl (C=O) groups excluding carboxylic acids is 1. The normalized spacial score (nSPS) is 14.5. The van der Waals surface area contributed by atoms with Crippen molar-refractivity contribution in [2.24, 2.45) is 12.0 Å². The van der Waals surface area contributed by atoms with Crippen molar-refractivity contribution in [1.82, 2.24) is 20.0 Å². The van der Waals surface area contributed by atoms with E-state index in [9.17, 15) is 4.79 Å². The summed E-state index contributed by atoms with van der Waals surface area (Å²) in [5, 5.41) is 8.11. The molecule has 30 heavy (non-hydrogen) atoms. The van der Waals surface area contributed by atoms with Gasteiger partial charge < -0.3 is 19.9 Å². The third kappa shape index (κ3) is 6.00. The summed E-state index contributed by atoms with van der Waals surface area (Å²) in [7, 11) is 3.46. The Hall–Kier alpha value is -2.01. The molecule has 164 valence electrons. The number of benzene rings is 1. The predicted molar refractivity (Wildman–Crippen MR) is 130 cm³/mol. The highest BCUT2D eigenvalue weighted by molar-refractivity contribution is 14.0. The average molecular weight is 547 g/mol. The smallest absolute Gasteiger partial charge is 0.246 e. The van der Waals surface area contributed by atoms with Crippen LogP contribution in [0.25, 0.3) is 0 Å². The van der Waals surface area contributed by atoms with Crippen LogP contribution >= 0.6 is 35.6 Å². The molecule has 0 aliphatic carbocycles. The molecule has 0 bridgehead atoms. The third-order valence-electron chi connectivity index (χ3n) is 4.76. The molecule has 8 nitrogen and oxygen atoms in total. The van der Waals surface area contributed by atoms with E-state index in [2.05, 4.69) is 10.4 Å². The number of aryl methyl sites for hydroxylation is 1.